The molecule has 3 aromatic rings. The fourth-order valence-electron chi connectivity index (χ4n) is 3.46. The molecule has 2 aromatic carbocycles. The second kappa shape index (κ2) is 8.89. The fraction of sp³-hybridized carbons (Fsp3) is 0.273. The lowest BCUT2D eigenvalue weighted by Crippen LogP contribution is -2.20. The Bertz CT molecular complexity index is 1060. The highest BCUT2D eigenvalue weighted by Crippen LogP contribution is 2.38. The van der Waals surface area contributed by atoms with E-state index in [4.69, 9.17) is 14.6 Å². The first kappa shape index (κ1) is 20.4. The minimum absolute atomic E-state index is 0.107. The van der Waals surface area contributed by atoms with Crippen molar-refractivity contribution in [2.45, 2.75) is 18.9 Å². The summed E-state index contributed by atoms with van der Waals surface area (Å²) in [6.45, 7) is 0.107. The van der Waals surface area contributed by atoms with Crippen molar-refractivity contribution < 1.29 is 14.6 Å². The molecular weight excluding hydrogens is 448 g/mol. The number of hydrogen-bond acceptors (Lipinski definition) is 6. The molecule has 0 radical (unpaired) electrons. The van der Waals surface area contributed by atoms with Crippen LogP contribution < -0.4 is 14.8 Å². The number of aromatic nitrogens is 3. The largest absolute Gasteiger partial charge is 0.497 e. The van der Waals surface area contributed by atoms with Gasteiger partial charge >= 0.3 is 0 Å². The van der Waals surface area contributed by atoms with Crippen LogP contribution in [0.3, 0.4) is 0 Å². The van der Waals surface area contributed by atoms with E-state index in [-0.39, 0.29) is 12.6 Å². The zero-order valence-corrected chi connectivity index (χ0v) is 18.4. The van der Waals surface area contributed by atoms with Gasteiger partial charge in [-0.2, -0.15) is 10.1 Å². The molecule has 2 heterocycles. The molecule has 0 amide bonds. The highest BCUT2D eigenvalue weighted by atomic mass is 79.9. The molecule has 1 aliphatic rings. The third-order valence-electron chi connectivity index (χ3n) is 4.98. The normalized spacial score (nSPS) is 15.2. The second-order valence-corrected chi connectivity index (χ2v) is 7.80. The second-order valence-electron chi connectivity index (χ2n) is 6.89. The number of halogens is 1. The Balaban J connectivity index is 1.81. The van der Waals surface area contributed by atoms with Crippen LogP contribution >= 0.6 is 15.9 Å². The van der Waals surface area contributed by atoms with Crippen LogP contribution in [-0.2, 0) is 6.42 Å². The molecule has 0 unspecified atom stereocenters. The number of fused-ring (bicyclic) bond motifs is 1. The van der Waals surface area contributed by atoms with E-state index < -0.39 is 0 Å². The van der Waals surface area contributed by atoms with Gasteiger partial charge in [0.2, 0.25) is 5.95 Å². The van der Waals surface area contributed by atoms with Gasteiger partial charge in [0.25, 0.3) is 0 Å². The maximum Gasteiger partial charge on any atom is 0.226 e. The Kier molecular flexibility index (Phi) is 6.06. The zero-order chi connectivity index (χ0) is 21.1. The van der Waals surface area contributed by atoms with E-state index in [1.165, 1.54) is 0 Å². The lowest BCUT2D eigenvalue weighted by atomic mass is 10.0. The number of aryl methyl sites for hydroxylation is 1. The van der Waals surface area contributed by atoms with E-state index in [1.54, 1.807) is 14.2 Å². The highest BCUT2D eigenvalue weighted by Gasteiger charge is 2.27. The number of nitrogens with zero attached hydrogens (tertiary/aromatic N) is 3. The number of nitrogens with one attached hydrogen (secondary N) is 1. The number of aliphatic hydroxyl groups excluding tert-OH is 1. The van der Waals surface area contributed by atoms with Crippen LogP contribution in [0, 0.1) is 0 Å². The fourth-order valence-corrected chi connectivity index (χ4v) is 3.73. The molecule has 0 saturated carbocycles. The van der Waals surface area contributed by atoms with Gasteiger partial charge in [-0.3, -0.25) is 0 Å². The van der Waals surface area contributed by atoms with Crippen molar-refractivity contribution in [1.29, 1.82) is 0 Å². The predicted molar refractivity (Wildman–Crippen MR) is 119 cm³/mol. The topological polar surface area (TPSA) is 81.4 Å². The van der Waals surface area contributed by atoms with Gasteiger partial charge in [-0.05, 0) is 42.3 Å². The lowest BCUT2D eigenvalue weighted by molar-refractivity contribution is 0.287. The molecule has 156 valence electrons. The summed E-state index contributed by atoms with van der Waals surface area (Å²) in [5.41, 5.74) is 2.94. The summed E-state index contributed by atoms with van der Waals surface area (Å²) in [6, 6.07) is 13.7. The summed E-state index contributed by atoms with van der Waals surface area (Å²) in [4.78, 5) is 4.66. The van der Waals surface area contributed by atoms with E-state index in [2.05, 4.69) is 32.3 Å². The van der Waals surface area contributed by atoms with E-state index >= 15 is 0 Å². The molecule has 7 nitrogen and oxygen atoms in total. The Morgan fingerprint density at radius 2 is 1.93 bits per heavy atom. The Morgan fingerprint density at radius 1 is 1.13 bits per heavy atom. The summed E-state index contributed by atoms with van der Waals surface area (Å²) in [6.07, 6.45) is 3.34. The molecule has 30 heavy (non-hydrogen) atoms. The van der Waals surface area contributed by atoms with Crippen LogP contribution in [-0.4, -0.2) is 40.7 Å². The van der Waals surface area contributed by atoms with E-state index in [1.807, 2.05) is 47.1 Å². The Hall–Kier alpha value is -2.84. The number of rotatable bonds is 7. The molecule has 0 saturated heterocycles. The van der Waals surface area contributed by atoms with Crippen molar-refractivity contribution in [3.05, 3.63) is 70.0 Å². The van der Waals surface area contributed by atoms with Crippen molar-refractivity contribution in [2.24, 2.45) is 0 Å². The van der Waals surface area contributed by atoms with Gasteiger partial charge in [-0.1, -0.05) is 28.1 Å². The van der Waals surface area contributed by atoms with Crippen LogP contribution in [0.15, 0.2) is 53.0 Å². The molecule has 1 aromatic heterocycles. The summed E-state index contributed by atoms with van der Waals surface area (Å²) < 4.78 is 13.9. The Labute approximate surface area is 183 Å². The maximum absolute atomic E-state index is 9.17. The van der Waals surface area contributed by atoms with Gasteiger partial charge in [-0.25, -0.2) is 4.68 Å². The lowest BCUT2D eigenvalue weighted by Gasteiger charge is -2.25. The molecule has 1 aliphatic heterocycles. The number of hydrogen-bond donors (Lipinski definition) is 2. The molecule has 8 heteroatoms. The monoisotopic (exact) mass is 470 g/mol. The number of aliphatic hydroxyl groups is 1. The standard InChI is InChI=1S/C22H23BrN4O3/c1-29-16-9-10-17(20(12-16)30-2)19-13-18(14-5-7-15(23)8-6-14)24-22-25-21(4-3-11-28)26-27(19)22/h5-10,12-13,19,28H,3-4,11H2,1-2H3,(H,24,25,26)/t19-/m0/s1. The number of methoxy groups -OCH3 is 2. The molecular formula is C22H23BrN4O3. The number of ether oxygens (including phenoxy) is 2. The van der Waals surface area contributed by atoms with Crippen LogP contribution in [0.4, 0.5) is 5.95 Å². The Morgan fingerprint density at radius 3 is 2.63 bits per heavy atom. The molecule has 0 aliphatic carbocycles. The first-order chi connectivity index (χ1) is 14.6. The summed E-state index contributed by atoms with van der Waals surface area (Å²) in [5, 5.41) is 17.3. The van der Waals surface area contributed by atoms with Crippen molar-refractivity contribution in [1.82, 2.24) is 14.8 Å². The van der Waals surface area contributed by atoms with Gasteiger partial charge < -0.3 is 19.9 Å². The maximum atomic E-state index is 9.17. The summed E-state index contributed by atoms with van der Waals surface area (Å²) in [5.74, 6) is 2.79. The SMILES string of the molecule is COc1ccc([C@@H]2C=C(c3ccc(Br)cc3)Nc3nc(CCCO)nn32)c(OC)c1. The first-order valence-electron chi connectivity index (χ1n) is 9.66. The molecule has 1 atom stereocenters. The van der Waals surface area contributed by atoms with Gasteiger partial charge in [-0.15, -0.1) is 0 Å². The van der Waals surface area contributed by atoms with Crippen LogP contribution in [0.5, 0.6) is 11.5 Å². The van der Waals surface area contributed by atoms with Crippen molar-refractivity contribution in [3.63, 3.8) is 0 Å². The van der Waals surface area contributed by atoms with E-state index in [0.29, 0.717) is 30.4 Å². The smallest absolute Gasteiger partial charge is 0.226 e. The zero-order valence-electron chi connectivity index (χ0n) is 16.8. The number of benzene rings is 2. The highest BCUT2D eigenvalue weighted by molar-refractivity contribution is 9.10. The van der Waals surface area contributed by atoms with Gasteiger partial charge in [0, 0.05) is 34.8 Å². The minimum atomic E-state index is -0.212. The van der Waals surface area contributed by atoms with Crippen molar-refractivity contribution in [2.75, 3.05) is 26.1 Å². The van der Waals surface area contributed by atoms with E-state index in [0.717, 1.165) is 27.0 Å². The van der Waals surface area contributed by atoms with Crippen LogP contribution in [0.25, 0.3) is 5.70 Å². The summed E-state index contributed by atoms with van der Waals surface area (Å²) >= 11 is 3.49. The first-order valence-corrected chi connectivity index (χ1v) is 10.4. The van der Waals surface area contributed by atoms with Gasteiger partial charge in [0.1, 0.15) is 17.5 Å². The van der Waals surface area contributed by atoms with Gasteiger partial charge in [0.05, 0.1) is 14.2 Å². The molecule has 0 fully saturated rings. The molecule has 4 rings (SSSR count). The predicted octanol–water partition coefficient (Wildman–Crippen LogP) is 4.04. The van der Waals surface area contributed by atoms with Crippen molar-refractivity contribution in [3.8, 4) is 11.5 Å². The third kappa shape index (κ3) is 4.06. The number of anilines is 1. The van der Waals surface area contributed by atoms with Crippen LogP contribution in [0.1, 0.15) is 29.4 Å². The average molecular weight is 471 g/mol. The summed E-state index contributed by atoms with van der Waals surface area (Å²) in [7, 11) is 3.28. The van der Waals surface area contributed by atoms with Crippen molar-refractivity contribution >= 4 is 27.6 Å². The minimum Gasteiger partial charge on any atom is -0.497 e. The average Bonchev–Trinajstić information content (AvgIpc) is 3.20. The number of allylic oxidation sites excluding steroid dienone is 1. The van der Waals surface area contributed by atoms with Crippen LogP contribution in [0.2, 0.25) is 0 Å². The van der Waals surface area contributed by atoms with E-state index in [9.17, 15) is 5.11 Å². The van der Waals surface area contributed by atoms with Gasteiger partial charge in [0.15, 0.2) is 5.82 Å². The molecule has 0 bridgehead atoms. The molecule has 2 N–H and O–H groups in total. The third-order valence-corrected chi connectivity index (χ3v) is 5.51. The molecule has 0 spiro atoms. The quantitative estimate of drug-likeness (QED) is 0.542.